The first-order chi connectivity index (χ1) is 14.7. The van der Waals surface area contributed by atoms with Gasteiger partial charge in [-0.3, -0.25) is 4.79 Å². The molecule has 2 aliphatic heterocycles. The Bertz CT molecular complexity index is 803. The predicted octanol–water partition coefficient (Wildman–Crippen LogP) is 0.286. The van der Waals surface area contributed by atoms with E-state index in [1.165, 1.54) is 41.2 Å². The predicted molar refractivity (Wildman–Crippen MR) is 117 cm³/mol. The van der Waals surface area contributed by atoms with Gasteiger partial charge in [0.1, 0.15) is 44.2 Å². The summed E-state index contributed by atoms with van der Waals surface area (Å²) in [5, 5.41) is 7.17. The molecule has 7 nitrogen and oxygen atoms in total. The van der Waals surface area contributed by atoms with Crippen LogP contribution in [0.4, 0.5) is 11.4 Å². The molecule has 1 amide bonds. The van der Waals surface area contributed by atoms with Crippen LogP contribution >= 0.6 is 0 Å². The van der Waals surface area contributed by atoms with Gasteiger partial charge in [0.15, 0.2) is 6.54 Å². The van der Waals surface area contributed by atoms with Crippen LogP contribution in [0.3, 0.4) is 0 Å². The average Bonchev–Trinajstić information content (AvgIpc) is 2.98. The van der Waals surface area contributed by atoms with E-state index in [0.29, 0.717) is 6.54 Å². The minimum Gasteiger partial charge on any atom is -0.372 e. The largest absolute Gasteiger partial charge is 0.372 e. The van der Waals surface area contributed by atoms with Crippen LogP contribution in [0.15, 0.2) is 34.9 Å². The highest BCUT2D eigenvalue weighted by Crippen LogP contribution is 2.21. The van der Waals surface area contributed by atoms with Gasteiger partial charge >= 0.3 is 0 Å². The van der Waals surface area contributed by atoms with Crippen LogP contribution in [0.1, 0.15) is 37.1 Å². The van der Waals surface area contributed by atoms with Crippen LogP contribution in [0, 0.1) is 6.92 Å². The van der Waals surface area contributed by atoms with Crippen molar-refractivity contribution in [3.8, 4) is 0 Å². The summed E-state index contributed by atoms with van der Waals surface area (Å²) < 4.78 is 5.16. The number of hydrogen-bond acceptors (Lipinski definition) is 4. The highest BCUT2D eigenvalue weighted by molar-refractivity contribution is 5.91. The van der Waals surface area contributed by atoms with Gasteiger partial charge in [0.25, 0.3) is 5.91 Å². The molecule has 0 unspecified atom stereocenters. The summed E-state index contributed by atoms with van der Waals surface area (Å²) in [5.41, 5.74) is 3.18. The molecule has 2 saturated heterocycles. The van der Waals surface area contributed by atoms with E-state index in [1.54, 1.807) is 0 Å². The fourth-order valence-electron chi connectivity index (χ4n) is 4.58. The molecular weight excluding hydrogens is 378 g/mol. The Labute approximate surface area is 179 Å². The molecular formula is C23H35N5O2+2. The summed E-state index contributed by atoms with van der Waals surface area (Å²) in [5.74, 6) is 0.966. The topological polar surface area (TPSA) is 67.2 Å². The van der Waals surface area contributed by atoms with Gasteiger partial charge in [-0.25, -0.2) is 0 Å². The summed E-state index contributed by atoms with van der Waals surface area (Å²) in [6.45, 7) is 9.76. The average molecular weight is 414 g/mol. The third-order valence-corrected chi connectivity index (χ3v) is 6.30. The minimum absolute atomic E-state index is 0.100. The number of aryl methyl sites for hydroxylation is 1. The lowest BCUT2D eigenvalue weighted by Gasteiger charge is -2.28. The molecule has 2 aromatic rings. The SMILES string of the molecule is Cc1cc(C[NH+]2CC[NH+](CC(=O)Nc3ccc(N4CCCCCC4)cc3)CC2)no1. The Morgan fingerprint density at radius 3 is 2.33 bits per heavy atom. The second kappa shape index (κ2) is 10.1. The third kappa shape index (κ3) is 5.83. The zero-order valence-corrected chi connectivity index (χ0v) is 18.1. The van der Waals surface area contributed by atoms with Gasteiger partial charge in [-0.1, -0.05) is 18.0 Å². The van der Waals surface area contributed by atoms with E-state index < -0.39 is 0 Å². The van der Waals surface area contributed by atoms with Crippen molar-refractivity contribution in [3.05, 3.63) is 41.8 Å². The minimum atomic E-state index is 0.100. The monoisotopic (exact) mass is 413 g/mol. The van der Waals surface area contributed by atoms with E-state index in [9.17, 15) is 4.79 Å². The second-order valence-electron chi connectivity index (χ2n) is 8.78. The van der Waals surface area contributed by atoms with Crippen molar-refractivity contribution >= 4 is 17.3 Å². The standard InChI is InChI=1S/C23H33N5O2/c1-19-16-21(25-30-19)17-26-12-14-27(15-13-26)18-23(29)24-20-6-8-22(9-7-20)28-10-4-2-3-5-11-28/h6-9,16H,2-5,10-15,17-18H2,1H3,(H,24,29)/p+2. The number of amides is 1. The number of piperazine rings is 1. The van der Waals surface area contributed by atoms with E-state index in [4.69, 9.17) is 4.52 Å². The molecule has 0 saturated carbocycles. The Hall–Kier alpha value is -2.38. The molecule has 3 heterocycles. The van der Waals surface area contributed by atoms with Crippen LogP contribution in [-0.4, -0.2) is 56.9 Å². The lowest BCUT2D eigenvalue weighted by Crippen LogP contribution is -3.28. The molecule has 0 spiro atoms. The van der Waals surface area contributed by atoms with Crippen molar-refractivity contribution in [3.63, 3.8) is 0 Å². The van der Waals surface area contributed by atoms with Crippen molar-refractivity contribution < 1.29 is 19.1 Å². The van der Waals surface area contributed by atoms with Crippen molar-refractivity contribution in [1.29, 1.82) is 0 Å². The normalized spacial score (nSPS) is 22.5. The maximum absolute atomic E-state index is 12.5. The van der Waals surface area contributed by atoms with Crippen LogP contribution < -0.4 is 20.0 Å². The summed E-state index contributed by atoms with van der Waals surface area (Å²) in [4.78, 5) is 17.8. The zero-order chi connectivity index (χ0) is 20.8. The van der Waals surface area contributed by atoms with Crippen LogP contribution in [0.2, 0.25) is 0 Å². The first-order valence-corrected chi connectivity index (χ1v) is 11.4. The van der Waals surface area contributed by atoms with Crippen molar-refractivity contribution in [2.45, 2.75) is 39.2 Å². The Kier molecular flexibility index (Phi) is 7.02. The van der Waals surface area contributed by atoms with Crippen LogP contribution in [0.5, 0.6) is 0 Å². The molecule has 1 aromatic heterocycles. The molecule has 7 heteroatoms. The Morgan fingerprint density at radius 2 is 1.70 bits per heavy atom. The molecule has 2 fully saturated rings. The number of quaternary nitrogens is 2. The molecule has 3 N–H and O–H groups in total. The van der Waals surface area contributed by atoms with Gasteiger partial charge in [-0.2, -0.15) is 0 Å². The summed E-state index contributed by atoms with van der Waals surface area (Å²) >= 11 is 0. The quantitative estimate of drug-likeness (QED) is 0.637. The van der Waals surface area contributed by atoms with Gasteiger partial charge < -0.3 is 24.5 Å². The Balaban J connectivity index is 1.20. The molecule has 0 bridgehead atoms. The molecule has 30 heavy (non-hydrogen) atoms. The fraction of sp³-hybridized carbons (Fsp3) is 0.565. The fourth-order valence-corrected chi connectivity index (χ4v) is 4.58. The van der Waals surface area contributed by atoms with Gasteiger partial charge in [0.2, 0.25) is 0 Å². The van der Waals surface area contributed by atoms with Crippen LogP contribution in [0.25, 0.3) is 0 Å². The molecule has 0 atom stereocenters. The molecule has 2 aliphatic rings. The first kappa shape index (κ1) is 20.9. The smallest absolute Gasteiger partial charge is 0.279 e. The molecule has 0 aliphatic carbocycles. The molecule has 4 rings (SSSR count). The number of carbonyl (C=O) groups excluding carboxylic acids is 1. The maximum atomic E-state index is 12.5. The van der Waals surface area contributed by atoms with Gasteiger partial charge in [0, 0.05) is 30.5 Å². The Morgan fingerprint density at radius 1 is 1.03 bits per heavy atom. The van der Waals surface area contributed by atoms with Crippen molar-refractivity contribution in [1.82, 2.24) is 5.16 Å². The van der Waals surface area contributed by atoms with E-state index in [0.717, 1.165) is 63.0 Å². The lowest BCUT2D eigenvalue weighted by molar-refractivity contribution is -1.02. The number of rotatable bonds is 6. The van der Waals surface area contributed by atoms with Crippen LogP contribution in [-0.2, 0) is 11.3 Å². The highest BCUT2D eigenvalue weighted by atomic mass is 16.5. The molecule has 0 radical (unpaired) electrons. The maximum Gasteiger partial charge on any atom is 0.279 e. The summed E-state index contributed by atoms with van der Waals surface area (Å²) in [6, 6.07) is 10.4. The van der Waals surface area contributed by atoms with Gasteiger partial charge in [-0.05, 0) is 44.0 Å². The number of hydrogen-bond donors (Lipinski definition) is 3. The van der Waals surface area contributed by atoms with Gasteiger partial charge in [0.05, 0.1) is 0 Å². The number of nitrogens with zero attached hydrogens (tertiary/aromatic N) is 2. The number of anilines is 2. The van der Waals surface area contributed by atoms with E-state index in [2.05, 4.69) is 27.5 Å². The van der Waals surface area contributed by atoms with E-state index in [1.807, 2.05) is 25.1 Å². The van der Waals surface area contributed by atoms with E-state index in [-0.39, 0.29) is 5.91 Å². The number of benzene rings is 1. The second-order valence-corrected chi connectivity index (χ2v) is 8.78. The number of aromatic nitrogens is 1. The summed E-state index contributed by atoms with van der Waals surface area (Å²) in [7, 11) is 0. The highest BCUT2D eigenvalue weighted by Gasteiger charge is 2.25. The van der Waals surface area contributed by atoms with E-state index >= 15 is 0 Å². The van der Waals surface area contributed by atoms with Crippen molar-refractivity contribution in [2.24, 2.45) is 0 Å². The van der Waals surface area contributed by atoms with Gasteiger partial charge in [-0.15, -0.1) is 0 Å². The summed E-state index contributed by atoms with van der Waals surface area (Å²) in [6.07, 6.45) is 5.22. The number of carbonyl (C=O) groups is 1. The zero-order valence-electron chi connectivity index (χ0n) is 18.1. The lowest BCUT2D eigenvalue weighted by atomic mass is 10.2. The molecule has 1 aromatic carbocycles. The third-order valence-electron chi connectivity index (χ3n) is 6.30. The number of nitrogens with one attached hydrogen (secondary N) is 3. The first-order valence-electron chi connectivity index (χ1n) is 11.4. The molecule has 162 valence electrons. The van der Waals surface area contributed by atoms with Crippen molar-refractivity contribution in [2.75, 3.05) is 56.0 Å².